The molecule has 0 radical (unpaired) electrons. The number of para-hydroxylation sites is 2. The number of piperidine rings is 1. The Morgan fingerprint density at radius 1 is 0.818 bits per heavy atom. The topological polar surface area (TPSA) is 58.1 Å². The van der Waals surface area contributed by atoms with Gasteiger partial charge in [-0.25, -0.2) is 0 Å². The van der Waals surface area contributed by atoms with E-state index in [2.05, 4.69) is 56.1 Å². The van der Waals surface area contributed by atoms with Gasteiger partial charge in [-0.05, 0) is 105 Å². The van der Waals surface area contributed by atoms with Crippen molar-refractivity contribution in [2.45, 2.75) is 57.9 Å². The Hall–Kier alpha value is -3.42. The summed E-state index contributed by atoms with van der Waals surface area (Å²) in [6.45, 7) is 8.82. The van der Waals surface area contributed by atoms with Crippen molar-refractivity contribution in [2.75, 3.05) is 59.0 Å². The number of carbonyl (C=O) groups excluding carboxylic acids is 1. The average molecular weight is 597 g/mol. The van der Waals surface area contributed by atoms with Crippen molar-refractivity contribution in [3.05, 3.63) is 89.7 Å². The number of fused-ring (bicyclic) bond motifs is 1. The third-order valence-electron chi connectivity index (χ3n) is 9.85. The molecule has 3 aliphatic rings. The lowest BCUT2D eigenvalue weighted by atomic mass is 9.73. The largest absolute Gasteiger partial charge is 0.492 e. The Morgan fingerprint density at radius 3 is 2.43 bits per heavy atom. The number of pyridine rings is 1. The van der Waals surface area contributed by atoms with Crippen LogP contribution in [-0.2, 0) is 13.0 Å². The highest BCUT2D eigenvalue weighted by Gasteiger charge is 2.37. The molecule has 3 aromatic rings. The van der Waals surface area contributed by atoms with Gasteiger partial charge < -0.3 is 14.4 Å². The van der Waals surface area contributed by atoms with Crippen LogP contribution in [0.25, 0.3) is 0 Å². The summed E-state index contributed by atoms with van der Waals surface area (Å²) in [6, 6.07) is 20.6. The lowest BCUT2D eigenvalue weighted by molar-refractivity contribution is 0.0358. The van der Waals surface area contributed by atoms with Crippen molar-refractivity contribution in [1.29, 1.82) is 0 Å². The molecule has 7 nitrogen and oxygen atoms in total. The molecule has 0 unspecified atom stereocenters. The molecule has 6 rings (SSSR count). The van der Waals surface area contributed by atoms with Crippen molar-refractivity contribution < 1.29 is 14.3 Å². The fraction of sp³-hybridized carbons (Fsp3) is 0.514. The van der Waals surface area contributed by atoms with E-state index in [1.807, 2.05) is 36.7 Å². The second-order valence-electron chi connectivity index (χ2n) is 12.9. The first-order valence-corrected chi connectivity index (χ1v) is 16.7. The number of aryl methyl sites for hydroxylation is 1. The van der Waals surface area contributed by atoms with Gasteiger partial charge in [-0.3, -0.25) is 19.6 Å². The summed E-state index contributed by atoms with van der Waals surface area (Å²) >= 11 is 0. The molecule has 2 fully saturated rings. The molecule has 7 heteroatoms. The molecule has 234 valence electrons. The van der Waals surface area contributed by atoms with Crippen molar-refractivity contribution in [3.8, 4) is 11.5 Å². The molecule has 0 bridgehead atoms. The first-order chi connectivity index (χ1) is 21.7. The molecule has 3 aliphatic heterocycles. The van der Waals surface area contributed by atoms with E-state index < -0.39 is 0 Å². The number of hydrogen-bond donors (Lipinski definition) is 0. The summed E-state index contributed by atoms with van der Waals surface area (Å²) in [4.78, 5) is 25.2. The third-order valence-corrected chi connectivity index (χ3v) is 9.85. The van der Waals surface area contributed by atoms with Crippen LogP contribution >= 0.6 is 0 Å². The van der Waals surface area contributed by atoms with Gasteiger partial charge in [0, 0.05) is 51.7 Å². The SMILES string of the molecule is O=C(c1ccccc1OCCN1CCCC1)N1CCC2(CCCCc3ccccc3OCCN(Cc3ccncc3)C2)CC1. The summed E-state index contributed by atoms with van der Waals surface area (Å²) in [7, 11) is 0. The number of rotatable bonds is 7. The number of amides is 1. The van der Waals surface area contributed by atoms with Gasteiger partial charge >= 0.3 is 0 Å². The van der Waals surface area contributed by atoms with E-state index in [0.29, 0.717) is 24.5 Å². The summed E-state index contributed by atoms with van der Waals surface area (Å²) in [5, 5.41) is 0. The number of aromatic nitrogens is 1. The Balaban J connectivity index is 1.13. The van der Waals surface area contributed by atoms with Crippen molar-refractivity contribution in [3.63, 3.8) is 0 Å². The quantitative estimate of drug-likeness (QED) is 0.329. The predicted octanol–water partition coefficient (Wildman–Crippen LogP) is 6.09. The van der Waals surface area contributed by atoms with Gasteiger partial charge in [-0.1, -0.05) is 36.8 Å². The molecule has 1 spiro atoms. The summed E-state index contributed by atoms with van der Waals surface area (Å²) in [5.41, 5.74) is 3.45. The number of likely N-dealkylation sites (tertiary alicyclic amines) is 2. The van der Waals surface area contributed by atoms with Crippen molar-refractivity contribution in [2.24, 2.45) is 5.41 Å². The zero-order valence-corrected chi connectivity index (χ0v) is 26.2. The van der Waals surface area contributed by atoms with E-state index in [0.717, 1.165) is 83.8 Å². The van der Waals surface area contributed by atoms with E-state index in [9.17, 15) is 4.79 Å². The van der Waals surface area contributed by atoms with Crippen LogP contribution in [0, 0.1) is 5.41 Å². The third kappa shape index (κ3) is 7.99. The Labute approximate surface area is 263 Å². The number of carbonyl (C=O) groups is 1. The van der Waals surface area contributed by atoms with Gasteiger partial charge in [-0.2, -0.15) is 0 Å². The smallest absolute Gasteiger partial charge is 0.257 e. The van der Waals surface area contributed by atoms with E-state index in [4.69, 9.17) is 9.47 Å². The van der Waals surface area contributed by atoms with E-state index in [-0.39, 0.29) is 11.3 Å². The fourth-order valence-corrected chi connectivity index (χ4v) is 7.29. The minimum absolute atomic E-state index is 0.100. The van der Waals surface area contributed by atoms with Crippen LogP contribution in [0.15, 0.2) is 73.1 Å². The molecule has 44 heavy (non-hydrogen) atoms. The molecule has 1 aromatic heterocycles. The summed E-state index contributed by atoms with van der Waals surface area (Å²) in [5.74, 6) is 1.84. The maximum atomic E-state index is 13.8. The van der Waals surface area contributed by atoms with Crippen LogP contribution < -0.4 is 9.47 Å². The van der Waals surface area contributed by atoms with Crippen LogP contribution in [0.4, 0.5) is 0 Å². The Morgan fingerprint density at radius 2 is 1.59 bits per heavy atom. The molecule has 2 aromatic carbocycles. The van der Waals surface area contributed by atoms with E-state index >= 15 is 0 Å². The monoisotopic (exact) mass is 596 g/mol. The van der Waals surface area contributed by atoms with Crippen LogP contribution in [0.2, 0.25) is 0 Å². The van der Waals surface area contributed by atoms with Crippen LogP contribution in [-0.4, -0.2) is 84.6 Å². The predicted molar refractivity (Wildman–Crippen MR) is 174 cm³/mol. The minimum Gasteiger partial charge on any atom is -0.492 e. The number of nitrogens with zero attached hydrogens (tertiary/aromatic N) is 4. The molecule has 4 heterocycles. The molecule has 1 amide bonds. The van der Waals surface area contributed by atoms with Crippen LogP contribution in [0.5, 0.6) is 11.5 Å². The standard InChI is InChI=1S/C37H48N4O3/c42-36(33-11-2-4-13-35(33)44-27-25-39-21-7-8-22-39)41-23-17-37(18-24-41)16-6-5-10-32-9-1-3-12-34(32)43-28-26-40(30-37)29-31-14-19-38-20-15-31/h1-4,9,11-15,19-20H,5-8,10,16-18,21-30H2. The first kappa shape index (κ1) is 30.6. The molecule has 0 N–H and O–H groups in total. The van der Waals surface area contributed by atoms with Crippen molar-refractivity contribution in [1.82, 2.24) is 19.7 Å². The number of benzene rings is 2. The normalized spacial score (nSPS) is 19.9. The maximum absolute atomic E-state index is 13.8. The lowest BCUT2D eigenvalue weighted by Gasteiger charge is -2.45. The molecule has 0 saturated carbocycles. The summed E-state index contributed by atoms with van der Waals surface area (Å²) in [6.07, 6.45) is 12.9. The molecule has 0 atom stereocenters. The lowest BCUT2D eigenvalue weighted by Crippen LogP contribution is -2.48. The second kappa shape index (κ2) is 15.0. The van der Waals surface area contributed by atoms with Gasteiger partial charge in [0.1, 0.15) is 24.7 Å². The van der Waals surface area contributed by atoms with E-state index in [1.165, 1.54) is 36.8 Å². The van der Waals surface area contributed by atoms with Gasteiger partial charge in [-0.15, -0.1) is 0 Å². The Bertz CT molecular complexity index is 1340. The fourth-order valence-electron chi connectivity index (χ4n) is 7.29. The highest BCUT2D eigenvalue weighted by Crippen LogP contribution is 2.39. The maximum Gasteiger partial charge on any atom is 0.257 e. The highest BCUT2D eigenvalue weighted by molar-refractivity contribution is 5.97. The first-order valence-electron chi connectivity index (χ1n) is 16.7. The highest BCUT2D eigenvalue weighted by atomic mass is 16.5. The van der Waals surface area contributed by atoms with E-state index in [1.54, 1.807) is 0 Å². The van der Waals surface area contributed by atoms with Crippen LogP contribution in [0.3, 0.4) is 0 Å². The summed E-state index contributed by atoms with van der Waals surface area (Å²) < 4.78 is 12.5. The number of hydrogen-bond acceptors (Lipinski definition) is 6. The second-order valence-corrected chi connectivity index (χ2v) is 12.9. The molecule has 0 aliphatic carbocycles. The zero-order valence-electron chi connectivity index (χ0n) is 26.2. The number of ether oxygens (including phenoxy) is 2. The average Bonchev–Trinajstić information content (AvgIpc) is 3.58. The Kier molecular flexibility index (Phi) is 10.5. The molecular formula is C37H48N4O3. The molecular weight excluding hydrogens is 548 g/mol. The minimum atomic E-state index is 0.100. The zero-order chi connectivity index (χ0) is 30.0. The van der Waals surface area contributed by atoms with Gasteiger partial charge in [0.25, 0.3) is 5.91 Å². The molecule has 2 saturated heterocycles. The van der Waals surface area contributed by atoms with Crippen LogP contribution in [0.1, 0.15) is 66.4 Å². The van der Waals surface area contributed by atoms with Gasteiger partial charge in [0.2, 0.25) is 0 Å². The van der Waals surface area contributed by atoms with Crippen molar-refractivity contribution >= 4 is 5.91 Å². The van der Waals surface area contributed by atoms with Gasteiger partial charge in [0.05, 0.1) is 5.56 Å². The van der Waals surface area contributed by atoms with Gasteiger partial charge in [0.15, 0.2) is 0 Å².